The summed E-state index contributed by atoms with van der Waals surface area (Å²) in [4.78, 5) is 14.7. The van der Waals surface area contributed by atoms with Gasteiger partial charge in [-0.3, -0.25) is 4.79 Å². The molecule has 0 aromatic heterocycles. The summed E-state index contributed by atoms with van der Waals surface area (Å²) < 4.78 is 1.16. The van der Waals surface area contributed by atoms with Gasteiger partial charge in [0.1, 0.15) is 0 Å². The molecule has 4 heteroatoms. The second-order valence-corrected chi connectivity index (χ2v) is 6.72. The Bertz CT molecular complexity index is 427. The van der Waals surface area contributed by atoms with Crippen molar-refractivity contribution in [1.29, 1.82) is 0 Å². The number of halogens is 1. The van der Waals surface area contributed by atoms with E-state index >= 15 is 0 Å². The van der Waals surface area contributed by atoms with E-state index < -0.39 is 0 Å². The fourth-order valence-corrected chi connectivity index (χ4v) is 3.07. The minimum Gasteiger partial charge on any atom is -0.338 e. The molecule has 20 heavy (non-hydrogen) atoms. The van der Waals surface area contributed by atoms with Gasteiger partial charge < -0.3 is 10.2 Å². The summed E-state index contributed by atoms with van der Waals surface area (Å²) in [5, 5.41) is 3.43. The van der Waals surface area contributed by atoms with E-state index in [9.17, 15) is 4.79 Å². The summed E-state index contributed by atoms with van der Waals surface area (Å²) in [5.41, 5.74) is 0.808. The third-order valence-corrected chi connectivity index (χ3v) is 4.47. The maximum absolute atomic E-state index is 12.6. The van der Waals surface area contributed by atoms with Gasteiger partial charge >= 0.3 is 0 Å². The van der Waals surface area contributed by atoms with Crippen LogP contribution in [0.25, 0.3) is 0 Å². The number of piperidine rings is 1. The smallest absolute Gasteiger partial charge is 0.253 e. The summed E-state index contributed by atoms with van der Waals surface area (Å²) in [6.07, 6.45) is 3.46. The number of rotatable bonds is 5. The van der Waals surface area contributed by atoms with Crippen molar-refractivity contribution in [2.75, 3.05) is 26.2 Å². The minimum atomic E-state index is 0.175. The number of amides is 1. The minimum absolute atomic E-state index is 0.175. The lowest BCUT2D eigenvalue weighted by atomic mass is 9.98. The molecular weight excluding hydrogens is 363 g/mol. The van der Waals surface area contributed by atoms with Crippen molar-refractivity contribution in [2.45, 2.75) is 26.2 Å². The molecule has 3 nitrogen and oxygen atoms in total. The maximum atomic E-state index is 12.6. The Balaban J connectivity index is 2.02. The van der Waals surface area contributed by atoms with E-state index in [4.69, 9.17) is 0 Å². The molecule has 0 aliphatic carbocycles. The first-order valence-electron chi connectivity index (χ1n) is 7.46. The first-order chi connectivity index (χ1) is 9.70. The first-order valence-corrected chi connectivity index (χ1v) is 8.54. The van der Waals surface area contributed by atoms with Gasteiger partial charge in [-0.1, -0.05) is 6.92 Å². The quantitative estimate of drug-likeness (QED) is 0.789. The van der Waals surface area contributed by atoms with Crippen molar-refractivity contribution in [3.8, 4) is 0 Å². The van der Waals surface area contributed by atoms with Gasteiger partial charge in [-0.15, -0.1) is 0 Å². The van der Waals surface area contributed by atoms with Crippen LogP contribution in [0.15, 0.2) is 24.3 Å². The largest absolute Gasteiger partial charge is 0.338 e. The Morgan fingerprint density at radius 3 is 2.75 bits per heavy atom. The van der Waals surface area contributed by atoms with E-state index in [0.29, 0.717) is 5.92 Å². The van der Waals surface area contributed by atoms with Crippen molar-refractivity contribution in [1.82, 2.24) is 10.2 Å². The lowest BCUT2D eigenvalue weighted by Gasteiger charge is -2.30. The van der Waals surface area contributed by atoms with Crippen molar-refractivity contribution in [2.24, 2.45) is 5.92 Å². The van der Waals surface area contributed by atoms with Gasteiger partial charge in [0.15, 0.2) is 0 Å². The summed E-state index contributed by atoms with van der Waals surface area (Å²) in [6.45, 7) is 6.02. The van der Waals surface area contributed by atoms with Crippen LogP contribution in [0.2, 0.25) is 0 Å². The van der Waals surface area contributed by atoms with Crippen LogP contribution >= 0.6 is 22.6 Å². The fraction of sp³-hybridized carbons (Fsp3) is 0.562. The predicted octanol–water partition coefficient (Wildman–Crippen LogP) is 3.14. The van der Waals surface area contributed by atoms with Gasteiger partial charge in [0.2, 0.25) is 0 Å². The van der Waals surface area contributed by atoms with Crippen molar-refractivity contribution in [3.63, 3.8) is 0 Å². The molecule has 1 N–H and O–H groups in total. The monoisotopic (exact) mass is 386 g/mol. The van der Waals surface area contributed by atoms with Crippen LogP contribution in [0.1, 0.15) is 36.5 Å². The first kappa shape index (κ1) is 15.8. The molecule has 2 rings (SSSR count). The number of hydrogen-bond donors (Lipinski definition) is 1. The van der Waals surface area contributed by atoms with Crippen molar-refractivity contribution < 1.29 is 4.79 Å². The highest BCUT2D eigenvalue weighted by atomic mass is 127. The zero-order chi connectivity index (χ0) is 14.4. The Labute approximate surface area is 135 Å². The molecule has 1 saturated heterocycles. The average molecular weight is 386 g/mol. The van der Waals surface area contributed by atoms with E-state index in [1.807, 2.05) is 29.2 Å². The molecule has 1 aromatic carbocycles. The van der Waals surface area contributed by atoms with Gasteiger partial charge in [0, 0.05) is 22.2 Å². The average Bonchev–Trinajstić information content (AvgIpc) is 2.48. The van der Waals surface area contributed by atoms with Gasteiger partial charge in [-0.2, -0.15) is 0 Å². The van der Waals surface area contributed by atoms with Crippen LogP contribution in [0.4, 0.5) is 0 Å². The second-order valence-electron chi connectivity index (χ2n) is 5.47. The third-order valence-electron chi connectivity index (χ3n) is 3.75. The summed E-state index contributed by atoms with van der Waals surface area (Å²) >= 11 is 2.27. The molecule has 110 valence electrons. The summed E-state index contributed by atoms with van der Waals surface area (Å²) in [5.74, 6) is 0.775. The number of benzene rings is 1. The van der Waals surface area contributed by atoms with Gasteiger partial charge in [-0.25, -0.2) is 0 Å². The highest BCUT2D eigenvalue weighted by Gasteiger charge is 2.21. The van der Waals surface area contributed by atoms with E-state index in [0.717, 1.165) is 41.7 Å². The molecule has 1 aromatic rings. The van der Waals surface area contributed by atoms with E-state index in [-0.39, 0.29) is 5.91 Å². The summed E-state index contributed by atoms with van der Waals surface area (Å²) in [7, 11) is 0. The number of nitrogens with zero attached hydrogens (tertiary/aromatic N) is 1. The van der Waals surface area contributed by atoms with Crippen LogP contribution in [0.5, 0.6) is 0 Å². The Morgan fingerprint density at radius 2 is 2.15 bits per heavy atom. The number of carbonyl (C=O) groups excluding carboxylic acids is 1. The predicted molar refractivity (Wildman–Crippen MR) is 90.9 cm³/mol. The second kappa shape index (κ2) is 7.98. The summed E-state index contributed by atoms with van der Waals surface area (Å²) in [6, 6.07) is 7.87. The maximum Gasteiger partial charge on any atom is 0.253 e. The standard InChI is InChI=1S/C16H23IN2O/c1-2-10-19(12-13-4-3-9-18-11-13)16(20)14-5-7-15(17)8-6-14/h5-8,13,18H,2-4,9-12H2,1H3. The van der Waals surface area contributed by atoms with Crippen LogP contribution in [-0.4, -0.2) is 37.0 Å². The van der Waals surface area contributed by atoms with Gasteiger partial charge in [0.05, 0.1) is 0 Å². The van der Waals surface area contributed by atoms with Gasteiger partial charge in [-0.05, 0) is 85.1 Å². The van der Waals surface area contributed by atoms with Crippen LogP contribution < -0.4 is 5.32 Å². The molecule has 1 unspecified atom stereocenters. The molecule has 0 radical (unpaired) electrons. The van der Waals surface area contributed by atoms with Crippen molar-refractivity contribution >= 4 is 28.5 Å². The van der Waals surface area contributed by atoms with Crippen LogP contribution in [-0.2, 0) is 0 Å². The lowest BCUT2D eigenvalue weighted by molar-refractivity contribution is 0.0719. The van der Waals surface area contributed by atoms with Gasteiger partial charge in [0.25, 0.3) is 5.91 Å². The Kier molecular flexibility index (Phi) is 6.29. The lowest BCUT2D eigenvalue weighted by Crippen LogP contribution is -2.41. The number of carbonyl (C=O) groups is 1. The SMILES string of the molecule is CCCN(CC1CCCNC1)C(=O)c1ccc(I)cc1. The zero-order valence-electron chi connectivity index (χ0n) is 12.1. The van der Waals surface area contributed by atoms with Crippen LogP contribution in [0.3, 0.4) is 0 Å². The highest BCUT2D eigenvalue weighted by molar-refractivity contribution is 14.1. The normalized spacial score (nSPS) is 18.8. The molecular formula is C16H23IN2O. The zero-order valence-corrected chi connectivity index (χ0v) is 14.2. The molecule has 1 atom stereocenters. The Morgan fingerprint density at radius 1 is 1.40 bits per heavy atom. The molecule has 1 amide bonds. The van der Waals surface area contributed by atoms with E-state index in [2.05, 4.69) is 34.8 Å². The van der Waals surface area contributed by atoms with Crippen molar-refractivity contribution in [3.05, 3.63) is 33.4 Å². The fourth-order valence-electron chi connectivity index (χ4n) is 2.71. The number of hydrogen-bond acceptors (Lipinski definition) is 2. The molecule has 1 aliphatic rings. The topological polar surface area (TPSA) is 32.3 Å². The van der Waals surface area contributed by atoms with E-state index in [1.54, 1.807) is 0 Å². The molecule has 1 fully saturated rings. The molecule has 1 heterocycles. The Hall–Kier alpha value is -0.620. The highest BCUT2D eigenvalue weighted by Crippen LogP contribution is 2.15. The van der Waals surface area contributed by atoms with E-state index in [1.165, 1.54) is 12.8 Å². The molecule has 0 saturated carbocycles. The molecule has 1 aliphatic heterocycles. The molecule has 0 bridgehead atoms. The van der Waals surface area contributed by atoms with Crippen LogP contribution in [0, 0.1) is 9.49 Å². The number of nitrogens with one attached hydrogen (secondary N) is 1. The molecule has 0 spiro atoms. The third kappa shape index (κ3) is 4.45.